The van der Waals surface area contributed by atoms with Crippen LogP contribution in [-0.2, 0) is 4.79 Å². The number of aliphatic imine (C=N–C) groups is 1. The summed E-state index contributed by atoms with van der Waals surface area (Å²) < 4.78 is 13.1. The Labute approximate surface area is 172 Å². The molecule has 1 aromatic rings. The number of amides is 1. The summed E-state index contributed by atoms with van der Waals surface area (Å²) in [4.78, 5) is 21.0. The van der Waals surface area contributed by atoms with Crippen molar-refractivity contribution in [1.29, 1.82) is 0 Å². The van der Waals surface area contributed by atoms with Crippen LogP contribution in [0.3, 0.4) is 0 Å². The standard InChI is InChI=1S/C21H33FN6O/c1-2-23-21(25-10-9-24-20(29)17-3-4-17)26-11-12-27-13-15-28(16-14-27)19-7-5-18(22)6-8-19/h5-8,17H,2-4,9-16H2,1H3,(H,24,29)(H2,23,25,26). The molecule has 0 radical (unpaired) electrons. The highest BCUT2D eigenvalue weighted by Crippen LogP contribution is 2.28. The lowest BCUT2D eigenvalue weighted by Gasteiger charge is -2.35. The van der Waals surface area contributed by atoms with E-state index in [1.54, 1.807) is 0 Å². The van der Waals surface area contributed by atoms with Gasteiger partial charge in [-0.15, -0.1) is 0 Å². The number of halogens is 1. The summed E-state index contributed by atoms with van der Waals surface area (Å²) in [5.74, 6) is 1.02. The number of carbonyl (C=O) groups is 1. The fraction of sp³-hybridized carbons (Fsp3) is 0.619. The zero-order chi connectivity index (χ0) is 20.5. The molecular weight excluding hydrogens is 371 g/mol. The van der Waals surface area contributed by atoms with Gasteiger partial charge < -0.3 is 20.9 Å². The lowest BCUT2D eigenvalue weighted by atomic mass is 10.2. The molecule has 29 heavy (non-hydrogen) atoms. The smallest absolute Gasteiger partial charge is 0.223 e. The number of anilines is 1. The van der Waals surface area contributed by atoms with Gasteiger partial charge in [-0.25, -0.2) is 4.39 Å². The van der Waals surface area contributed by atoms with E-state index in [4.69, 9.17) is 0 Å². The van der Waals surface area contributed by atoms with Gasteiger partial charge >= 0.3 is 0 Å². The maximum absolute atomic E-state index is 13.1. The molecule has 0 bridgehead atoms. The van der Waals surface area contributed by atoms with Crippen LogP contribution in [0.4, 0.5) is 10.1 Å². The van der Waals surface area contributed by atoms with Crippen LogP contribution in [0, 0.1) is 11.7 Å². The zero-order valence-corrected chi connectivity index (χ0v) is 17.3. The summed E-state index contributed by atoms with van der Waals surface area (Å²) in [5, 5.41) is 9.47. The molecule has 8 heteroatoms. The summed E-state index contributed by atoms with van der Waals surface area (Å²) in [6.45, 7) is 9.59. The third kappa shape index (κ3) is 7.20. The second-order valence-electron chi connectivity index (χ2n) is 7.56. The van der Waals surface area contributed by atoms with E-state index < -0.39 is 0 Å². The van der Waals surface area contributed by atoms with Crippen molar-refractivity contribution in [2.75, 3.05) is 63.8 Å². The van der Waals surface area contributed by atoms with Crippen LogP contribution >= 0.6 is 0 Å². The predicted molar refractivity (Wildman–Crippen MR) is 115 cm³/mol. The number of hydrogen-bond acceptors (Lipinski definition) is 4. The molecule has 1 heterocycles. The van der Waals surface area contributed by atoms with E-state index in [0.29, 0.717) is 13.1 Å². The molecule has 3 rings (SSSR count). The monoisotopic (exact) mass is 404 g/mol. The van der Waals surface area contributed by atoms with Gasteiger partial charge in [0.1, 0.15) is 5.82 Å². The van der Waals surface area contributed by atoms with Crippen molar-refractivity contribution in [1.82, 2.24) is 20.9 Å². The van der Waals surface area contributed by atoms with Crippen LogP contribution < -0.4 is 20.9 Å². The Morgan fingerprint density at radius 2 is 1.76 bits per heavy atom. The fourth-order valence-corrected chi connectivity index (χ4v) is 3.38. The van der Waals surface area contributed by atoms with Gasteiger partial charge in [0.15, 0.2) is 5.96 Å². The third-order valence-electron chi connectivity index (χ3n) is 5.26. The van der Waals surface area contributed by atoms with Crippen molar-refractivity contribution < 1.29 is 9.18 Å². The van der Waals surface area contributed by atoms with Crippen molar-refractivity contribution in [2.24, 2.45) is 10.9 Å². The first-order chi connectivity index (χ1) is 14.2. The predicted octanol–water partition coefficient (Wildman–Crippen LogP) is 1.03. The summed E-state index contributed by atoms with van der Waals surface area (Å²) in [6.07, 6.45) is 2.06. The van der Waals surface area contributed by atoms with Gasteiger partial charge in [0.25, 0.3) is 0 Å². The van der Waals surface area contributed by atoms with Crippen LogP contribution in [0.5, 0.6) is 0 Å². The molecule has 160 valence electrons. The van der Waals surface area contributed by atoms with E-state index in [-0.39, 0.29) is 17.6 Å². The number of piperazine rings is 1. The first kappa shape index (κ1) is 21.4. The van der Waals surface area contributed by atoms with Gasteiger partial charge in [-0.05, 0) is 44.0 Å². The molecular formula is C21H33FN6O. The number of nitrogens with one attached hydrogen (secondary N) is 3. The molecule has 0 aromatic heterocycles. The molecule has 2 aliphatic rings. The van der Waals surface area contributed by atoms with Crippen molar-refractivity contribution in [3.8, 4) is 0 Å². The van der Waals surface area contributed by atoms with Crippen LogP contribution in [0.25, 0.3) is 0 Å². The second-order valence-corrected chi connectivity index (χ2v) is 7.56. The fourth-order valence-electron chi connectivity index (χ4n) is 3.38. The quantitative estimate of drug-likeness (QED) is 0.326. The van der Waals surface area contributed by atoms with Gasteiger partial charge in [0.2, 0.25) is 5.91 Å². The van der Waals surface area contributed by atoms with Crippen molar-refractivity contribution in [2.45, 2.75) is 19.8 Å². The number of rotatable bonds is 9. The third-order valence-corrected chi connectivity index (χ3v) is 5.26. The van der Waals surface area contributed by atoms with Crippen molar-refractivity contribution in [3.63, 3.8) is 0 Å². The van der Waals surface area contributed by atoms with Gasteiger partial charge in [0, 0.05) is 64.0 Å². The lowest BCUT2D eigenvalue weighted by Crippen LogP contribution is -2.47. The first-order valence-electron chi connectivity index (χ1n) is 10.7. The highest BCUT2D eigenvalue weighted by Gasteiger charge is 2.28. The summed E-state index contributed by atoms with van der Waals surface area (Å²) in [6, 6.07) is 6.72. The Bertz CT molecular complexity index is 668. The Hall–Kier alpha value is -2.35. The first-order valence-corrected chi connectivity index (χ1v) is 10.7. The Morgan fingerprint density at radius 1 is 1.07 bits per heavy atom. The molecule has 7 nitrogen and oxygen atoms in total. The Kier molecular flexibility index (Phi) is 8.10. The Morgan fingerprint density at radius 3 is 2.41 bits per heavy atom. The Balaban J connectivity index is 1.33. The average molecular weight is 405 g/mol. The average Bonchev–Trinajstić information content (AvgIpc) is 3.58. The minimum absolute atomic E-state index is 0.175. The molecule has 1 aliphatic carbocycles. The van der Waals surface area contributed by atoms with Gasteiger partial charge in [0.05, 0.1) is 6.54 Å². The SMILES string of the molecule is CCNC(=NCCN1CCN(c2ccc(F)cc2)CC1)NCCNC(=O)C1CC1. The van der Waals surface area contributed by atoms with Crippen molar-refractivity contribution >= 4 is 17.6 Å². The number of guanidine groups is 1. The second kappa shape index (κ2) is 11.0. The van der Waals surface area contributed by atoms with E-state index in [1.807, 2.05) is 19.1 Å². The minimum atomic E-state index is -0.194. The molecule has 2 fully saturated rings. The van der Waals surface area contributed by atoms with E-state index >= 15 is 0 Å². The molecule has 1 amide bonds. The van der Waals surface area contributed by atoms with Crippen LogP contribution in [0.15, 0.2) is 29.3 Å². The molecule has 0 unspecified atom stereocenters. The number of benzene rings is 1. The number of hydrogen-bond donors (Lipinski definition) is 3. The van der Waals surface area contributed by atoms with Gasteiger partial charge in [-0.2, -0.15) is 0 Å². The van der Waals surface area contributed by atoms with Gasteiger partial charge in [-0.1, -0.05) is 0 Å². The summed E-state index contributed by atoms with van der Waals surface area (Å²) >= 11 is 0. The lowest BCUT2D eigenvalue weighted by molar-refractivity contribution is -0.122. The number of nitrogens with zero attached hydrogens (tertiary/aromatic N) is 3. The topological polar surface area (TPSA) is 72.0 Å². The van der Waals surface area contributed by atoms with E-state index in [2.05, 4.69) is 30.7 Å². The van der Waals surface area contributed by atoms with E-state index in [0.717, 1.165) is 70.3 Å². The minimum Gasteiger partial charge on any atom is -0.369 e. The van der Waals surface area contributed by atoms with Crippen LogP contribution in [0.1, 0.15) is 19.8 Å². The molecule has 1 aliphatic heterocycles. The van der Waals surface area contributed by atoms with E-state index in [1.165, 1.54) is 12.1 Å². The normalized spacial score (nSPS) is 17.9. The maximum Gasteiger partial charge on any atom is 0.223 e. The molecule has 0 atom stereocenters. The summed E-state index contributed by atoms with van der Waals surface area (Å²) in [7, 11) is 0. The van der Waals surface area contributed by atoms with Crippen LogP contribution in [0.2, 0.25) is 0 Å². The molecule has 1 saturated carbocycles. The van der Waals surface area contributed by atoms with E-state index in [9.17, 15) is 9.18 Å². The van der Waals surface area contributed by atoms with Crippen molar-refractivity contribution in [3.05, 3.63) is 30.1 Å². The number of carbonyl (C=O) groups excluding carboxylic acids is 1. The molecule has 3 N–H and O–H groups in total. The molecule has 0 spiro atoms. The zero-order valence-electron chi connectivity index (χ0n) is 17.3. The van der Waals surface area contributed by atoms with Crippen LogP contribution in [-0.4, -0.2) is 75.7 Å². The molecule has 1 aromatic carbocycles. The summed E-state index contributed by atoms with van der Waals surface area (Å²) in [5.41, 5.74) is 1.08. The largest absolute Gasteiger partial charge is 0.369 e. The maximum atomic E-state index is 13.1. The highest BCUT2D eigenvalue weighted by molar-refractivity contribution is 5.81. The highest BCUT2D eigenvalue weighted by atomic mass is 19.1. The van der Waals surface area contributed by atoms with Gasteiger partial charge in [-0.3, -0.25) is 14.7 Å². The molecule has 1 saturated heterocycles.